The molecule has 0 spiro atoms. The fourth-order valence-corrected chi connectivity index (χ4v) is 5.05. The van der Waals surface area contributed by atoms with Gasteiger partial charge in [0.1, 0.15) is 5.65 Å². The minimum absolute atomic E-state index is 0.588. The molecule has 0 saturated heterocycles. The SMILES string of the molecule is COB(OC(C)(C)N)c1ccc2c(c1)c1ccccc1c1nc(-c3ccccc3)c(-c3ccccc3)n21. The molecule has 0 aliphatic carbocycles. The normalized spacial score (nSPS) is 12.0. The summed E-state index contributed by atoms with van der Waals surface area (Å²) in [6.07, 6.45) is 0. The van der Waals surface area contributed by atoms with Crippen molar-refractivity contribution in [1.29, 1.82) is 0 Å². The number of hydrogen-bond donors (Lipinski definition) is 1. The lowest BCUT2D eigenvalue weighted by atomic mass is 9.77. The Hall–Kier alpha value is -3.97. The van der Waals surface area contributed by atoms with Gasteiger partial charge in [0.25, 0.3) is 0 Å². The van der Waals surface area contributed by atoms with Crippen molar-refractivity contribution in [3.05, 3.63) is 103 Å². The van der Waals surface area contributed by atoms with Crippen LogP contribution in [0.5, 0.6) is 0 Å². The van der Waals surface area contributed by atoms with E-state index in [2.05, 4.69) is 89.3 Å². The molecule has 0 radical (unpaired) electrons. The van der Waals surface area contributed by atoms with Crippen LogP contribution in [0.4, 0.5) is 0 Å². The monoisotopic (exact) mass is 485 g/mol. The second kappa shape index (κ2) is 9.16. The van der Waals surface area contributed by atoms with Crippen molar-refractivity contribution in [2.45, 2.75) is 19.6 Å². The quantitative estimate of drug-likeness (QED) is 0.178. The lowest BCUT2D eigenvalue weighted by Crippen LogP contribution is -2.47. The molecule has 0 aliphatic rings. The van der Waals surface area contributed by atoms with Crippen LogP contribution in [0.1, 0.15) is 13.8 Å². The van der Waals surface area contributed by atoms with Crippen LogP contribution in [0, 0.1) is 0 Å². The number of hydrogen-bond acceptors (Lipinski definition) is 4. The molecule has 0 aliphatic heterocycles. The maximum Gasteiger partial charge on any atom is 0.495 e. The smallest absolute Gasteiger partial charge is 0.410 e. The number of benzene rings is 4. The molecule has 0 bridgehead atoms. The van der Waals surface area contributed by atoms with Crippen LogP contribution < -0.4 is 11.2 Å². The molecule has 0 atom stereocenters. The Morgan fingerprint density at radius 2 is 1.38 bits per heavy atom. The summed E-state index contributed by atoms with van der Waals surface area (Å²) in [4.78, 5) is 5.26. The summed E-state index contributed by atoms with van der Waals surface area (Å²) >= 11 is 0. The van der Waals surface area contributed by atoms with Gasteiger partial charge in [-0.2, -0.15) is 0 Å². The van der Waals surface area contributed by atoms with Crippen molar-refractivity contribution in [3.63, 3.8) is 0 Å². The number of imidazole rings is 1. The van der Waals surface area contributed by atoms with E-state index in [9.17, 15) is 0 Å². The molecule has 2 aromatic heterocycles. The van der Waals surface area contributed by atoms with Gasteiger partial charge in [-0.3, -0.25) is 4.40 Å². The number of rotatable bonds is 6. The average Bonchev–Trinajstić information content (AvgIpc) is 3.33. The molecule has 37 heavy (non-hydrogen) atoms. The van der Waals surface area contributed by atoms with E-state index >= 15 is 0 Å². The molecule has 4 aromatic carbocycles. The zero-order chi connectivity index (χ0) is 25.6. The molecule has 6 aromatic rings. The van der Waals surface area contributed by atoms with Crippen molar-refractivity contribution >= 4 is 39.9 Å². The van der Waals surface area contributed by atoms with Gasteiger partial charge >= 0.3 is 7.12 Å². The minimum atomic E-state index is -0.836. The van der Waals surface area contributed by atoms with Crippen molar-refractivity contribution in [2.24, 2.45) is 5.73 Å². The summed E-state index contributed by atoms with van der Waals surface area (Å²) in [5.41, 5.74) is 12.4. The molecule has 6 heteroatoms. The van der Waals surface area contributed by atoms with E-state index in [0.29, 0.717) is 0 Å². The summed E-state index contributed by atoms with van der Waals surface area (Å²) in [5.74, 6) is 0. The molecular weight excluding hydrogens is 457 g/mol. The largest absolute Gasteiger partial charge is 0.495 e. The van der Waals surface area contributed by atoms with Crippen LogP contribution in [0.15, 0.2) is 103 Å². The van der Waals surface area contributed by atoms with Gasteiger partial charge in [-0.1, -0.05) is 97.1 Å². The Balaban J connectivity index is 1.73. The third-order valence-corrected chi connectivity index (χ3v) is 6.59. The van der Waals surface area contributed by atoms with Crippen LogP contribution in [0.3, 0.4) is 0 Å². The Kier molecular flexibility index (Phi) is 5.80. The summed E-state index contributed by atoms with van der Waals surface area (Å²) in [7, 11) is 1.05. The molecule has 0 amide bonds. The maximum atomic E-state index is 6.15. The predicted octanol–water partition coefficient (Wildman–Crippen LogP) is 6.03. The lowest BCUT2D eigenvalue weighted by molar-refractivity contribution is 0.0867. The summed E-state index contributed by atoms with van der Waals surface area (Å²) in [6, 6.07) is 35.6. The third kappa shape index (κ3) is 4.19. The van der Waals surface area contributed by atoms with Crippen LogP contribution >= 0.6 is 0 Å². The van der Waals surface area contributed by atoms with Crippen LogP contribution in [-0.2, 0) is 9.31 Å². The molecule has 6 rings (SSSR count). The van der Waals surface area contributed by atoms with Crippen LogP contribution in [-0.4, -0.2) is 29.3 Å². The Morgan fingerprint density at radius 3 is 2.03 bits per heavy atom. The van der Waals surface area contributed by atoms with Gasteiger partial charge in [0, 0.05) is 29.0 Å². The summed E-state index contributed by atoms with van der Waals surface area (Å²) in [5, 5.41) is 3.30. The molecule has 5 nitrogen and oxygen atoms in total. The molecule has 182 valence electrons. The van der Waals surface area contributed by atoms with E-state index in [1.807, 2.05) is 32.0 Å². The number of fused-ring (bicyclic) bond motifs is 6. The second-order valence-electron chi connectivity index (χ2n) is 9.81. The third-order valence-electron chi connectivity index (χ3n) is 6.59. The van der Waals surface area contributed by atoms with Gasteiger partial charge in [0.05, 0.1) is 22.6 Å². The van der Waals surface area contributed by atoms with Crippen LogP contribution in [0.25, 0.3) is 49.8 Å². The van der Waals surface area contributed by atoms with E-state index in [0.717, 1.165) is 55.3 Å². The number of nitrogens with zero attached hydrogens (tertiary/aromatic N) is 2. The van der Waals surface area contributed by atoms with Gasteiger partial charge in [0.15, 0.2) is 0 Å². The standard InChI is InChI=1S/C31H28BN3O2/c1-31(2,33)37-32(36-3)23-18-19-27-26(20-23)24-16-10-11-17-25(24)30-34-28(21-12-6-4-7-13-21)29(35(27)30)22-14-8-5-9-15-22/h4-20H,33H2,1-3H3. The van der Waals surface area contributed by atoms with E-state index in [1.165, 1.54) is 0 Å². The Bertz CT molecular complexity index is 1720. The number of pyridine rings is 1. The summed E-state index contributed by atoms with van der Waals surface area (Å²) < 4.78 is 14.0. The van der Waals surface area contributed by atoms with Gasteiger partial charge < -0.3 is 15.0 Å². The highest BCUT2D eigenvalue weighted by atomic mass is 16.6. The second-order valence-corrected chi connectivity index (χ2v) is 9.81. The highest BCUT2D eigenvalue weighted by molar-refractivity contribution is 6.61. The average molecular weight is 485 g/mol. The first-order chi connectivity index (χ1) is 17.9. The molecule has 0 unspecified atom stereocenters. The topological polar surface area (TPSA) is 61.8 Å². The van der Waals surface area contributed by atoms with Gasteiger partial charge in [-0.25, -0.2) is 4.98 Å². The minimum Gasteiger partial charge on any atom is -0.410 e. The summed E-state index contributed by atoms with van der Waals surface area (Å²) in [6.45, 7) is 3.64. The fraction of sp³-hybridized carbons (Fsp3) is 0.129. The first-order valence-electron chi connectivity index (χ1n) is 12.4. The van der Waals surface area contributed by atoms with Crippen molar-refractivity contribution in [3.8, 4) is 22.5 Å². The van der Waals surface area contributed by atoms with E-state index in [4.69, 9.17) is 20.0 Å². The molecular formula is C31H28BN3O2. The zero-order valence-corrected chi connectivity index (χ0v) is 21.2. The molecule has 2 N–H and O–H groups in total. The van der Waals surface area contributed by atoms with Gasteiger partial charge in [-0.05, 0) is 30.8 Å². The van der Waals surface area contributed by atoms with E-state index < -0.39 is 12.8 Å². The highest BCUT2D eigenvalue weighted by Crippen LogP contribution is 2.38. The fourth-order valence-electron chi connectivity index (χ4n) is 5.05. The van der Waals surface area contributed by atoms with Gasteiger partial charge in [0.2, 0.25) is 0 Å². The highest BCUT2D eigenvalue weighted by Gasteiger charge is 2.28. The molecule has 0 fully saturated rings. The van der Waals surface area contributed by atoms with Crippen molar-refractivity contribution in [1.82, 2.24) is 9.38 Å². The Morgan fingerprint density at radius 1 is 0.757 bits per heavy atom. The van der Waals surface area contributed by atoms with E-state index in [-0.39, 0.29) is 0 Å². The molecule has 0 saturated carbocycles. The first-order valence-corrected chi connectivity index (χ1v) is 12.4. The lowest BCUT2D eigenvalue weighted by Gasteiger charge is -2.24. The van der Waals surface area contributed by atoms with E-state index in [1.54, 1.807) is 7.11 Å². The van der Waals surface area contributed by atoms with Crippen LogP contribution in [0.2, 0.25) is 0 Å². The maximum absolute atomic E-state index is 6.15. The van der Waals surface area contributed by atoms with Gasteiger partial charge in [-0.15, -0.1) is 0 Å². The number of nitrogens with two attached hydrogens (primary N) is 1. The Labute approximate surface area is 216 Å². The zero-order valence-electron chi connectivity index (χ0n) is 21.2. The number of aromatic nitrogens is 2. The molecule has 2 heterocycles. The predicted molar refractivity (Wildman–Crippen MR) is 153 cm³/mol. The first kappa shape index (κ1) is 23.4. The van der Waals surface area contributed by atoms with Crippen molar-refractivity contribution < 1.29 is 9.31 Å². The van der Waals surface area contributed by atoms with Crippen molar-refractivity contribution in [2.75, 3.05) is 7.11 Å².